The van der Waals surface area contributed by atoms with E-state index in [1.165, 1.54) is 4.90 Å². The van der Waals surface area contributed by atoms with Gasteiger partial charge in [0, 0.05) is 12.5 Å². The van der Waals surface area contributed by atoms with Crippen LogP contribution in [-0.2, 0) is 0 Å². The Labute approximate surface area is 87.8 Å². The zero-order chi connectivity index (χ0) is 10.8. The van der Waals surface area contributed by atoms with Gasteiger partial charge >= 0.3 is 6.09 Å². The van der Waals surface area contributed by atoms with Gasteiger partial charge in [0.2, 0.25) is 0 Å². The van der Waals surface area contributed by atoms with Gasteiger partial charge in [-0.25, -0.2) is 4.79 Å². The average molecular weight is 207 g/mol. The number of amides is 1. The number of rotatable bonds is 1. The predicted molar refractivity (Wildman–Crippen MR) is 54.8 cm³/mol. The molecule has 0 saturated carbocycles. The van der Waals surface area contributed by atoms with Crippen LogP contribution in [0.15, 0.2) is 30.3 Å². The Hall–Kier alpha value is -1.55. The number of aliphatic hydroxyl groups is 1. The summed E-state index contributed by atoms with van der Waals surface area (Å²) in [5.41, 5.74) is 0.994. The molecule has 2 atom stereocenters. The lowest BCUT2D eigenvalue weighted by Crippen LogP contribution is -2.27. The number of benzene rings is 1. The number of hydrogen-bond donors (Lipinski definition) is 2. The van der Waals surface area contributed by atoms with Crippen molar-refractivity contribution >= 4 is 6.09 Å². The minimum atomic E-state index is -0.965. The molecule has 1 amide bonds. The normalized spacial score (nSPS) is 25.5. The van der Waals surface area contributed by atoms with E-state index in [-0.39, 0.29) is 12.5 Å². The molecular formula is C11H13NO3. The second kappa shape index (κ2) is 3.90. The van der Waals surface area contributed by atoms with E-state index in [9.17, 15) is 9.90 Å². The number of likely N-dealkylation sites (tertiary alicyclic amines) is 1. The maximum absolute atomic E-state index is 10.7. The van der Waals surface area contributed by atoms with Crippen LogP contribution in [-0.4, -0.2) is 40.4 Å². The lowest BCUT2D eigenvalue weighted by molar-refractivity contribution is 0.138. The van der Waals surface area contributed by atoms with Crippen LogP contribution >= 0.6 is 0 Å². The summed E-state index contributed by atoms with van der Waals surface area (Å²) in [5.74, 6) is -0.0951. The second-order valence-corrected chi connectivity index (χ2v) is 3.77. The first-order valence-electron chi connectivity index (χ1n) is 4.89. The average Bonchev–Trinajstić information content (AvgIpc) is 2.62. The highest BCUT2D eigenvalue weighted by Crippen LogP contribution is 2.27. The summed E-state index contributed by atoms with van der Waals surface area (Å²) in [6.07, 6.45) is -1.56. The van der Waals surface area contributed by atoms with Crippen LogP contribution < -0.4 is 0 Å². The maximum atomic E-state index is 10.7. The number of nitrogens with zero attached hydrogens (tertiary/aromatic N) is 1. The Morgan fingerprint density at radius 3 is 2.47 bits per heavy atom. The molecule has 4 heteroatoms. The monoisotopic (exact) mass is 207 g/mol. The molecule has 1 aliphatic heterocycles. The molecular weight excluding hydrogens is 194 g/mol. The fraction of sp³-hybridized carbons (Fsp3) is 0.364. The third-order valence-electron chi connectivity index (χ3n) is 2.79. The number of carbonyl (C=O) groups is 1. The fourth-order valence-electron chi connectivity index (χ4n) is 1.97. The zero-order valence-electron chi connectivity index (χ0n) is 8.21. The van der Waals surface area contributed by atoms with Crippen LogP contribution in [0.4, 0.5) is 4.79 Å². The summed E-state index contributed by atoms with van der Waals surface area (Å²) in [6, 6.07) is 9.52. The van der Waals surface area contributed by atoms with E-state index in [0.29, 0.717) is 6.54 Å². The van der Waals surface area contributed by atoms with Gasteiger partial charge in [0.15, 0.2) is 0 Å². The Morgan fingerprint density at radius 2 is 1.93 bits per heavy atom. The molecule has 1 fully saturated rings. The highest BCUT2D eigenvalue weighted by atomic mass is 16.4. The van der Waals surface area contributed by atoms with Gasteiger partial charge < -0.3 is 15.1 Å². The largest absolute Gasteiger partial charge is 0.465 e. The van der Waals surface area contributed by atoms with Gasteiger partial charge in [-0.05, 0) is 5.56 Å². The fourth-order valence-corrected chi connectivity index (χ4v) is 1.97. The van der Waals surface area contributed by atoms with E-state index in [0.717, 1.165) is 5.56 Å². The van der Waals surface area contributed by atoms with Crippen molar-refractivity contribution in [2.45, 2.75) is 12.0 Å². The summed E-state index contributed by atoms with van der Waals surface area (Å²) in [4.78, 5) is 12.0. The van der Waals surface area contributed by atoms with Crippen molar-refractivity contribution in [2.24, 2.45) is 0 Å². The molecule has 4 nitrogen and oxygen atoms in total. The van der Waals surface area contributed by atoms with E-state index < -0.39 is 12.2 Å². The Morgan fingerprint density at radius 1 is 1.27 bits per heavy atom. The van der Waals surface area contributed by atoms with Gasteiger partial charge in [0.05, 0.1) is 12.6 Å². The summed E-state index contributed by atoms with van der Waals surface area (Å²) in [7, 11) is 0. The molecule has 80 valence electrons. The van der Waals surface area contributed by atoms with Crippen LogP contribution in [0.25, 0.3) is 0 Å². The number of carboxylic acid groups (broad SMARTS) is 1. The standard InChI is InChI=1S/C11H13NO3/c13-10-7-12(11(14)15)6-9(10)8-4-2-1-3-5-8/h1-5,9-10,13H,6-7H2,(H,14,15)/t9-,10-/m0/s1. The van der Waals surface area contributed by atoms with Gasteiger partial charge in [0.1, 0.15) is 0 Å². The van der Waals surface area contributed by atoms with Crippen molar-refractivity contribution < 1.29 is 15.0 Å². The van der Waals surface area contributed by atoms with E-state index in [2.05, 4.69) is 0 Å². The van der Waals surface area contributed by atoms with E-state index in [1.807, 2.05) is 30.3 Å². The molecule has 2 rings (SSSR count). The summed E-state index contributed by atoms with van der Waals surface area (Å²) in [6.45, 7) is 0.579. The van der Waals surface area contributed by atoms with Gasteiger partial charge in [-0.2, -0.15) is 0 Å². The van der Waals surface area contributed by atoms with Gasteiger partial charge in [-0.3, -0.25) is 0 Å². The highest BCUT2D eigenvalue weighted by molar-refractivity contribution is 5.65. The summed E-state index contributed by atoms with van der Waals surface area (Å²) in [5, 5.41) is 18.6. The van der Waals surface area contributed by atoms with Crippen molar-refractivity contribution in [3.8, 4) is 0 Å². The van der Waals surface area contributed by atoms with Gasteiger partial charge in [0.25, 0.3) is 0 Å². The van der Waals surface area contributed by atoms with Gasteiger partial charge in [-0.15, -0.1) is 0 Å². The molecule has 0 aliphatic carbocycles. The predicted octanol–water partition coefficient (Wildman–Crippen LogP) is 1.12. The van der Waals surface area contributed by atoms with Crippen molar-refractivity contribution in [2.75, 3.05) is 13.1 Å². The van der Waals surface area contributed by atoms with Crippen molar-refractivity contribution in [3.05, 3.63) is 35.9 Å². The van der Waals surface area contributed by atoms with Crippen LogP contribution in [0.3, 0.4) is 0 Å². The summed E-state index contributed by atoms with van der Waals surface area (Å²) >= 11 is 0. The number of aliphatic hydroxyl groups excluding tert-OH is 1. The van der Waals surface area contributed by atoms with Gasteiger partial charge in [-0.1, -0.05) is 30.3 Å². The van der Waals surface area contributed by atoms with Crippen LogP contribution in [0.1, 0.15) is 11.5 Å². The quantitative estimate of drug-likeness (QED) is 0.725. The first-order chi connectivity index (χ1) is 7.18. The highest BCUT2D eigenvalue weighted by Gasteiger charge is 2.34. The lowest BCUT2D eigenvalue weighted by Gasteiger charge is -2.13. The SMILES string of the molecule is O=C(O)N1C[C@H](O)[C@H](c2ccccc2)C1. The van der Waals surface area contributed by atoms with Crippen molar-refractivity contribution in [3.63, 3.8) is 0 Å². The Bertz CT molecular complexity index is 352. The molecule has 0 aromatic heterocycles. The van der Waals surface area contributed by atoms with Crippen LogP contribution in [0, 0.1) is 0 Å². The first kappa shape index (κ1) is 9.98. The molecule has 1 aliphatic rings. The second-order valence-electron chi connectivity index (χ2n) is 3.77. The van der Waals surface area contributed by atoms with E-state index in [4.69, 9.17) is 5.11 Å². The molecule has 0 bridgehead atoms. The molecule has 1 aromatic rings. The maximum Gasteiger partial charge on any atom is 0.407 e. The lowest BCUT2D eigenvalue weighted by atomic mass is 9.96. The number of hydrogen-bond acceptors (Lipinski definition) is 2. The van der Waals surface area contributed by atoms with Crippen LogP contribution in [0.5, 0.6) is 0 Å². The minimum absolute atomic E-state index is 0.0951. The molecule has 0 unspecified atom stereocenters. The van der Waals surface area contributed by atoms with Crippen molar-refractivity contribution in [1.82, 2.24) is 4.90 Å². The minimum Gasteiger partial charge on any atom is -0.465 e. The van der Waals surface area contributed by atoms with Crippen LogP contribution in [0.2, 0.25) is 0 Å². The Balaban J connectivity index is 2.15. The van der Waals surface area contributed by atoms with E-state index >= 15 is 0 Å². The molecule has 2 N–H and O–H groups in total. The Kier molecular flexibility index (Phi) is 2.60. The zero-order valence-corrected chi connectivity index (χ0v) is 8.21. The molecule has 1 aromatic carbocycles. The molecule has 0 radical (unpaired) electrons. The molecule has 15 heavy (non-hydrogen) atoms. The first-order valence-corrected chi connectivity index (χ1v) is 4.89. The third kappa shape index (κ3) is 1.94. The third-order valence-corrected chi connectivity index (χ3v) is 2.79. The summed E-state index contributed by atoms with van der Waals surface area (Å²) < 4.78 is 0. The number of β-amino-alcohol motifs (C(OH)–C–C–N with tert-alkyl or cyclic N) is 1. The molecule has 1 heterocycles. The smallest absolute Gasteiger partial charge is 0.407 e. The topological polar surface area (TPSA) is 60.8 Å². The van der Waals surface area contributed by atoms with E-state index in [1.54, 1.807) is 0 Å². The molecule has 1 saturated heterocycles. The van der Waals surface area contributed by atoms with Crippen molar-refractivity contribution in [1.29, 1.82) is 0 Å². The molecule has 0 spiro atoms.